The van der Waals surface area contributed by atoms with Crippen LogP contribution in [0.4, 0.5) is 5.69 Å². The summed E-state index contributed by atoms with van der Waals surface area (Å²) < 4.78 is 5.60. The lowest BCUT2D eigenvalue weighted by molar-refractivity contribution is 0.0698. The average molecular weight is 223 g/mol. The summed E-state index contributed by atoms with van der Waals surface area (Å²) in [4.78, 5) is 10.7. The summed E-state index contributed by atoms with van der Waals surface area (Å²) in [6.07, 6.45) is 2.12. The van der Waals surface area contributed by atoms with E-state index in [1.165, 1.54) is 6.07 Å². The first-order valence-electron chi connectivity index (χ1n) is 5.34. The van der Waals surface area contributed by atoms with Crippen LogP contribution in [0.25, 0.3) is 0 Å². The van der Waals surface area contributed by atoms with Crippen LogP contribution in [0.15, 0.2) is 18.2 Å². The summed E-state index contributed by atoms with van der Waals surface area (Å²) in [5, 5.41) is 8.80. The van der Waals surface area contributed by atoms with Gasteiger partial charge in [0, 0.05) is 11.8 Å². The van der Waals surface area contributed by atoms with Gasteiger partial charge in [-0.1, -0.05) is 13.3 Å². The molecule has 0 saturated carbocycles. The van der Waals surface area contributed by atoms with Crippen molar-refractivity contribution in [1.29, 1.82) is 0 Å². The zero-order valence-corrected chi connectivity index (χ0v) is 9.56. The fraction of sp³-hybridized carbons (Fsp3) is 0.417. The van der Waals surface area contributed by atoms with E-state index in [-0.39, 0.29) is 17.4 Å². The van der Waals surface area contributed by atoms with Crippen molar-refractivity contribution in [3.63, 3.8) is 0 Å². The lowest BCUT2D eigenvalue weighted by Crippen LogP contribution is -2.11. The van der Waals surface area contributed by atoms with Crippen LogP contribution in [-0.4, -0.2) is 17.2 Å². The van der Waals surface area contributed by atoms with E-state index in [0.29, 0.717) is 5.75 Å². The van der Waals surface area contributed by atoms with Gasteiger partial charge in [0.15, 0.2) is 0 Å². The van der Waals surface area contributed by atoms with Crippen LogP contribution in [0.2, 0.25) is 0 Å². The van der Waals surface area contributed by atoms with Crippen molar-refractivity contribution in [3.05, 3.63) is 23.8 Å². The number of nitrogen functional groups attached to an aromatic ring is 1. The third-order valence-corrected chi connectivity index (χ3v) is 2.29. The second-order valence-corrected chi connectivity index (χ2v) is 3.77. The van der Waals surface area contributed by atoms with Gasteiger partial charge in [-0.05, 0) is 25.5 Å². The fourth-order valence-corrected chi connectivity index (χ4v) is 1.51. The van der Waals surface area contributed by atoms with E-state index in [1.807, 2.05) is 6.92 Å². The van der Waals surface area contributed by atoms with Crippen molar-refractivity contribution >= 4 is 11.7 Å². The molecule has 0 bridgehead atoms. The maximum Gasteiger partial charge on any atom is 0.337 e. The van der Waals surface area contributed by atoms with Gasteiger partial charge in [0.1, 0.15) is 5.75 Å². The molecule has 1 aromatic rings. The Morgan fingerprint density at radius 1 is 1.56 bits per heavy atom. The Morgan fingerprint density at radius 2 is 2.25 bits per heavy atom. The Balaban J connectivity index is 2.77. The van der Waals surface area contributed by atoms with Crippen LogP contribution >= 0.6 is 0 Å². The standard InChI is InChI=1S/C12H17NO3/c1-3-4-8(2)16-9-5-6-10(12(14)15)11(13)7-9/h5-8H,3-4,13H2,1-2H3,(H,14,15). The third-order valence-electron chi connectivity index (χ3n) is 2.29. The van der Waals surface area contributed by atoms with Gasteiger partial charge in [0.25, 0.3) is 0 Å². The number of hydrogen-bond donors (Lipinski definition) is 2. The predicted octanol–water partition coefficient (Wildman–Crippen LogP) is 2.53. The summed E-state index contributed by atoms with van der Waals surface area (Å²) in [5.74, 6) is -0.408. The zero-order valence-electron chi connectivity index (χ0n) is 9.56. The minimum atomic E-state index is -1.02. The molecule has 0 spiro atoms. The number of rotatable bonds is 5. The molecule has 0 fully saturated rings. The van der Waals surface area contributed by atoms with E-state index < -0.39 is 5.97 Å². The summed E-state index contributed by atoms with van der Waals surface area (Å²) in [6.45, 7) is 4.06. The first-order chi connectivity index (χ1) is 7.54. The first kappa shape index (κ1) is 12.4. The van der Waals surface area contributed by atoms with Crippen LogP contribution < -0.4 is 10.5 Å². The number of ether oxygens (including phenoxy) is 1. The Morgan fingerprint density at radius 3 is 2.75 bits per heavy atom. The van der Waals surface area contributed by atoms with E-state index in [2.05, 4.69) is 6.92 Å². The average Bonchev–Trinajstić information content (AvgIpc) is 2.17. The molecule has 0 amide bonds. The van der Waals surface area contributed by atoms with Gasteiger partial charge in [-0.2, -0.15) is 0 Å². The molecule has 1 atom stereocenters. The van der Waals surface area contributed by atoms with Crippen molar-refractivity contribution in [2.45, 2.75) is 32.8 Å². The molecule has 1 rings (SSSR count). The smallest absolute Gasteiger partial charge is 0.337 e. The largest absolute Gasteiger partial charge is 0.491 e. The van der Waals surface area contributed by atoms with Gasteiger partial charge in [-0.3, -0.25) is 0 Å². The highest BCUT2D eigenvalue weighted by atomic mass is 16.5. The molecule has 0 aliphatic carbocycles. The van der Waals surface area contributed by atoms with Gasteiger partial charge in [0.2, 0.25) is 0 Å². The van der Waals surface area contributed by atoms with Crippen molar-refractivity contribution < 1.29 is 14.6 Å². The lowest BCUT2D eigenvalue weighted by Gasteiger charge is -2.14. The Hall–Kier alpha value is -1.71. The summed E-state index contributed by atoms with van der Waals surface area (Å²) in [7, 11) is 0. The van der Waals surface area contributed by atoms with Gasteiger partial charge >= 0.3 is 5.97 Å². The zero-order chi connectivity index (χ0) is 12.1. The predicted molar refractivity (Wildman–Crippen MR) is 62.8 cm³/mol. The second-order valence-electron chi connectivity index (χ2n) is 3.77. The quantitative estimate of drug-likeness (QED) is 0.752. The molecule has 4 nitrogen and oxygen atoms in total. The van der Waals surface area contributed by atoms with E-state index in [1.54, 1.807) is 12.1 Å². The molecule has 88 valence electrons. The van der Waals surface area contributed by atoms with E-state index in [9.17, 15) is 4.79 Å². The van der Waals surface area contributed by atoms with Crippen LogP contribution in [0, 0.1) is 0 Å². The number of anilines is 1. The minimum absolute atomic E-state index is 0.107. The first-order valence-corrected chi connectivity index (χ1v) is 5.34. The molecule has 0 aliphatic rings. The van der Waals surface area contributed by atoms with Crippen LogP contribution in [-0.2, 0) is 0 Å². The Bertz CT molecular complexity index is 377. The Kier molecular flexibility index (Phi) is 4.17. The summed E-state index contributed by atoms with van der Waals surface area (Å²) in [6, 6.07) is 4.65. The third kappa shape index (κ3) is 3.15. The van der Waals surface area contributed by atoms with E-state index >= 15 is 0 Å². The summed E-state index contributed by atoms with van der Waals surface area (Å²) in [5.41, 5.74) is 5.95. The maximum absolute atomic E-state index is 10.7. The number of nitrogens with two attached hydrogens (primary N) is 1. The van der Waals surface area contributed by atoms with Crippen LogP contribution in [0.1, 0.15) is 37.0 Å². The molecule has 0 aromatic heterocycles. The normalized spacial score (nSPS) is 12.1. The van der Waals surface area contributed by atoms with Crippen molar-refractivity contribution in [3.8, 4) is 5.75 Å². The van der Waals surface area contributed by atoms with Crippen LogP contribution in [0.5, 0.6) is 5.75 Å². The van der Waals surface area contributed by atoms with Gasteiger partial charge in [-0.25, -0.2) is 4.79 Å². The molecule has 3 N–H and O–H groups in total. The summed E-state index contributed by atoms with van der Waals surface area (Å²) >= 11 is 0. The SMILES string of the molecule is CCCC(C)Oc1ccc(C(=O)O)c(N)c1. The lowest BCUT2D eigenvalue weighted by atomic mass is 10.1. The molecule has 1 unspecified atom stereocenters. The monoisotopic (exact) mass is 223 g/mol. The second kappa shape index (κ2) is 5.39. The molecular formula is C12H17NO3. The molecule has 0 saturated heterocycles. The maximum atomic E-state index is 10.7. The highest BCUT2D eigenvalue weighted by molar-refractivity contribution is 5.93. The van der Waals surface area contributed by atoms with E-state index in [0.717, 1.165) is 12.8 Å². The number of carboxylic acids is 1. The molecule has 4 heteroatoms. The van der Waals surface area contributed by atoms with Gasteiger partial charge in [-0.15, -0.1) is 0 Å². The number of carboxylic acid groups (broad SMARTS) is 1. The van der Waals surface area contributed by atoms with Gasteiger partial charge < -0.3 is 15.6 Å². The number of hydrogen-bond acceptors (Lipinski definition) is 3. The Labute approximate surface area is 95.0 Å². The highest BCUT2D eigenvalue weighted by Crippen LogP contribution is 2.21. The molecule has 1 aromatic carbocycles. The number of carbonyl (C=O) groups is 1. The number of benzene rings is 1. The van der Waals surface area contributed by atoms with Crippen LogP contribution in [0.3, 0.4) is 0 Å². The molecule has 16 heavy (non-hydrogen) atoms. The number of aromatic carboxylic acids is 1. The van der Waals surface area contributed by atoms with Crippen molar-refractivity contribution in [2.75, 3.05) is 5.73 Å². The molecule has 0 radical (unpaired) electrons. The molecule has 0 aliphatic heterocycles. The highest BCUT2D eigenvalue weighted by Gasteiger charge is 2.09. The topological polar surface area (TPSA) is 72.5 Å². The molecular weight excluding hydrogens is 206 g/mol. The minimum Gasteiger partial charge on any atom is -0.491 e. The molecule has 0 heterocycles. The van der Waals surface area contributed by atoms with Crippen molar-refractivity contribution in [1.82, 2.24) is 0 Å². The van der Waals surface area contributed by atoms with Crippen molar-refractivity contribution in [2.24, 2.45) is 0 Å². The fourth-order valence-electron chi connectivity index (χ4n) is 1.51. The van der Waals surface area contributed by atoms with E-state index in [4.69, 9.17) is 15.6 Å². The van der Waals surface area contributed by atoms with Gasteiger partial charge in [0.05, 0.1) is 11.7 Å².